The molecular weight excluding hydrogens is 210 g/mol. The van der Waals surface area contributed by atoms with Crippen LogP contribution >= 0.6 is 0 Å². The molecule has 4 heteroatoms. The first kappa shape index (κ1) is 13.4. The number of hydrogen-bond donors (Lipinski definition) is 2. The Morgan fingerprint density at radius 2 is 1.60 bits per heavy atom. The molecule has 3 nitrogen and oxygen atoms in total. The van der Waals surface area contributed by atoms with Crippen LogP contribution in [-0.2, 0) is 0 Å². The summed E-state index contributed by atoms with van der Waals surface area (Å²) in [5.41, 5.74) is 8.30. The van der Waals surface area contributed by atoms with Gasteiger partial charge in [-0.1, -0.05) is 30.3 Å². The maximum Gasteiger partial charge on any atom is 0.0703 e. The minimum absolute atomic E-state index is 0. The number of nitrogen functional groups attached to an aromatic ring is 1. The maximum absolute atomic E-state index is 5.54. The van der Waals surface area contributed by atoms with E-state index >= 15 is 0 Å². The summed E-state index contributed by atoms with van der Waals surface area (Å²) in [5.74, 6) is 0. The Bertz CT molecular complexity index is 386. The smallest absolute Gasteiger partial charge is 0.0703 e. The van der Waals surface area contributed by atoms with Crippen molar-refractivity contribution in [2.45, 2.75) is 0 Å². The third kappa shape index (κ3) is 3.23. The van der Waals surface area contributed by atoms with Crippen LogP contribution in [0.25, 0.3) is 11.3 Å². The summed E-state index contributed by atoms with van der Waals surface area (Å²) in [7, 11) is 0. The fraction of sp³-hybridized carbons (Fsp3) is 0. The molecule has 0 radical (unpaired) electrons. The molecule has 0 aliphatic rings. The number of benzene rings is 1. The second-order valence-electron chi connectivity index (χ2n) is 2.84. The van der Waals surface area contributed by atoms with Crippen LogP contribution in [0, 0.1) is 0 Å². The van der Waals surface area contributed by atoms with E-state index in [0.29, 0.717) is 5.69 Å². The Morgan fingerprint density at radius 1 is 0.933 bits per heavy atom. The zero-order valence-corrected chi connectivity index (χ0v) is 9.28. The van der Waals surface area contributed by atoms with E-state index in [2.05, 4.69) is 4.98 Å². The van der Waals surface area contributed by atoms with Crippen molar-refractivity contribution in [3.63, 3.8) is 0 Å². The highest BCUT2D eigenvalue weighted by Crippen LogP contribution is 2.16. The molecule has 0 saturated carbocycles. The zero-order valence-electron chi connectivity index (χ0n) is 8.52. The third-order valence-electron chi connectivity index (χ3n) is 1.86. The number of quaternary nitrogens is 1. The normalized spacial score (nSPS) is 8.53. The number of hydrogen-bond acceptors (Lipinski definition) is 2. The van der Waals surface area contributed by atoms with Crippen molar-refractivity contribution in [2.24, 2.45) is 0 Å². The highest BCUT2D eigenvalue weighted by molar-refractivity contribution is 5.60. The Hall–Kier alpha value is -1.58. The van der Waals surface area contributed by atoms with Crippen LogP contribution in [0.15, 0.2) is 48.7 Å². The molecule has 0 aliphatic carbocycles. The van der Waals surface area contributed by atoms with Crippen molar-refractivity contribution in [3.8, 4) is 11.3 Å². The van der Waals surface area contributed by atoms with Gasteiger partial charge in [0.2, 0.25) is 0 Å². The summed E-state index contributed by atoms with van der Waals surface area (Å²) >= 11 is 0. The van der Waals surface area contributed by atoms with Gasteiger partial charge in [-0.25, -0.2) is 0 Å². The van der Waals surface area contributed by atoms with Gasteiger partial charge < -0.3 is 24.3 Å². The minimum Gasteiger partial charge on any atom is -1.00 e. The number of pyridine rings is 1. The molecule has 80 valence electrons. The molecule has 1 heterocycles. The third-order valence-corrected chi connectivity index (χ3v) is 1.86. The summed E-state index contributed by atoms with van der Waals surface area (Å²) in [4.78, 5) is 4.22. The SMILES string of the molecule is Nc1ccc(-c2ccccc2)nc1.[Cl-].[NH4+]. The number of rotatable bonds is 1. The van der Waals surface area contributed by atoms with Gasteiger partial charge in [0.05, 0.1) is 17.6 Å². The van der Waals surface area contributed by atoms with Gasteiger partial charge >= 0.3 is 0 Å². The lowest BCUT2D eigenvalue weighted by atomic mass is 10.1. The lowest BCUT2D eigenvalue weighted by Gasteiger charge is -1.99. The molecule has 6 N–H and O–H groups in total. The highest BCUT2D eigenvalue weighted by atomic mass is 35.5. The molecule has 2 rings (SSSR count). The van der Waals surface area contributed by atoms with Gasteiger partial charge in [-0.2, -0.15) is 0 Å². The molecule has 0 unspecified atom stereocenters. The molecular formula is C11H14ClN3. The number of anilines is 1. The summed E-state index contributed by atoms with van der Waals surface area (Å²) in [6.07, 6.45) is 1.67. The average Bonchev–Trinajstić information content (AvgIpc) is 2.20. The van der Waals surface area contributed by atoms with E-state index in [1.807, 2.05) is 42.5 Å². The fourth-order valence-electron chi connectivity index (χ4n) is 1.18. The summed E-state index contributed by atoms with van der Waals surface area (Å²) in [6.45, 7) is 0. The van der Waals surface area contributed by atoms with E-state index in [-0.39, 0.29) is 18.6 Å². The van der Waals surface area contributed by atoms with Gasteiger partial charge in [0.15, 0.2) is 0 Å². The Labute approximate surface area is 95.3 Å². The van der Waals surface area contributed by atoms with Crippen LogP contribution in [-0.4, -0.2) is 4.98 Å². The molecule has 15 heavy (non-hydrogen) atoms. The van der Waals surface area contributed by atoms with Crippen molar-refractivity contribution < 1.29 is 12.4 Å². The average molecular weight is 224 g/mol. The van der Waals surface area contributed by atoms with E-state index in [1.165, 1.54) is 0 Å². The van der Waals surface area contributed by atoms with Crippen molar-refractivity contribution in [3.05, 3.63) is 48.7 Å². The van der Waals surface area contributed by atoms with E-state index in [9.17, 15) is 0 Å². The predicted molar refractivity (Wildman–Crippen MR) is 60.1 cm³/mol. The molecule has 0 bridgehead atoms. The molecule has 1 aromatic carbocycles. The second kappa shape index (κ2) is 6.01. The van der Waals surface area contributed by atoms with Crippen LogP contribution < -0.4 is 24.3 Å². The Kier molecular flexibility index (Phi) is 5.37. The van der Waals surface area contributed by atoms with Gasteiger partial charge in [0, 0.05) is 5.56 Å². The molecule has 0 fully saturated rings. The molecule has 0 spiro atoms. The molecule has 0 saturated heterocycles. The quantitative estimate of drug-likeness (QED) is 0.697. The van der Waals surface area contributed by atoms with Crippen LogP contribution in [0.5, 0.6) is 0 Å². The molecule has 0 atom stereocenters. The first-order valence-corrected chi connectivity index (χ1v) is 4.13. The topological polar surface area (TPSA) is 75.4 Å². The summed E-state index contributed by atoms with van der Waals surface area (Å²) in [5, 5.41) is 0. The van der Waals surface area contributed by atoms with Crippen molar-refractivity contribution in [1.82, 2.24) is 11.1 Å². The predicted octanol–water partition coefficient (Wildman–Crippen LogP) is -0.289. The van der Waals surface area contributed by atoms with Gasteiger partial charge in [-0.15, -0.1) is 0 Å². The van der Waals surface area contributed by atoms with E-state index in [4.69, 9.17) is 5.73 Å². The standard InChI is InChI=1S/C11H10N2.ClH.H3N/c12-10-6-7-11(13-8-10)9-4-2-1-3-5-9;;/h1-8H,12H2;1H;1H3. The van der Waals surface area contributed by atoms with Crippen LogP contribution in [0.2, 0.25) is 0 Å². The van der Waals surface area contributed by atoms with Crippen molar-refractivity contribution in [2.75, 3.05) is 5.73 Å². The van der Waals surface area contributed by atoms with E-state index in [0.717, 1.165) is 11.3 Å². The van der Waals surface area contributed by atoms with Crippen LogP contribution in [0.1, 0.15) is 0 Å². The van der Waals surface area contributed by atoms with E-state index in [1.54, 1.807) is 6.20 Å². The monoisotopic (exact) mass is 223 g/mol. The zero-order chi connectivity index (χ0) is 9.10. The lowest BCUT2D eigenvalue weighted by Crippen LogP contribution is -3.00. The molecule has 2 aromatic rings. The van der Waals surface area contributed by atoms with E-state index < -0.39 is 0 Å². The number of halogens is 1. The lowest BCUT2D eigenvalue weighted by molar-refractivity contribution is -0.00000312. The second-order valence-corrected chi connectivity index (χ2v) is 2.84. The first-order chi connectivity index (χ1) is 6.36. The fourth-order valence-corrected chi connectivity index (χ4v) is 1.18. The molecule has 0 aliphatic heterocycles. The van der Waals surface area contributed by atoms with Gasteiger partial charge in [-0.05, 0) is 12.1 Å². The highest BCUT2D eigenvalue weighted by Gasteiger charge is 1.95. The summed E-state index contributed by atoms with van der Waals surface area (Å²) < 4.78 is 0. The minimum atomic E-state index is 0. The number of nitrogens with zero attached hydrogens (tertiary/aromatic N) is 1. The van der Waals surface area contributed by atoms with Crippen LogP contribution in [0.3, 0.4) is 0 Å². The van der Waals surface area contributed by atoms with Gasteiger partial charge in [0.1, 0.15) is 0 Å². The van der Waals surface area contributed by atoms with Gasteiger partial charge in [0.25, 0.3) is 0 Å². The Morgan fingerprint density at radius 3 is 2.13 bits per heavy atom. The molecule has 0 amide bonds. The summed E-state index contributed by atoms with van der Waals surface area (Å²) in [6, 6.07) is 13.8. The Balaban J connectivity index is 0.000000980. The number of aromatic nitrogens is 1. The maximum atomic E-state index is 5.54. The van der Waals surface area contributed by atoms with Gasteiger partial charge in [-0.3, -0.25) is 4.98 Å². The number of nitrogens with two attached hydrogens (primary N) is 1. The van der Waals surface area contributed by atoms with Crippen molar-refractivity contribution >= 4 is 5.69 Å². The first-order valence-electron chi connectivity index (χ1n) is 4.13. The van der Waals surface area contributed by atoms with Crippen molar-refractivity contribution in [1.29, 1.82) is 0 Å². The molecule has 1 aromatic heterocycles. The largest absolute Gasteiger partial charge is 1.00 e. The van der Waals surface area contributed by atoms with Crippen LogP contribution in [0.4, 0.5) is 5.69 Å².